The van der Waals surface area contributed by atoms with Crippen LogP contribution in [0.4, 0.5) is 11.4 Å². The first-order chi connectivity index (χ1) is 15.3. The molecule has 7 nitrogen and oxygen atoms in total. The molecule has 1 aliphatic heterocycles. The summed E-state index contributed by atoms with van der Waals surface area (Å²) in [5.41, 5.74) is 3.78. The fourth-order valence-corrected chi connectivity index (χ4v) is 3.68. The summed E-state index contributed by atoms with van der Waals surface area (Å²) in [4.78, 5) is 28.6. The summed E-state index contributed by atoms with van der Waals surface area (Å²) in [6.07, 6.45) is 5.04. The lowest BCUT2D eigenvalue weighted by atomic mass is 10.1. The lowest BCUT2D eigenvalue weighted by Gasteiger charge is -2.29. The van der Waals surface area contributed by atoms with Crippen LogP contribution in [0.3, 0.4) is 0 Å². The van der Waals surface area contributed by atoms with Gasteiger partial charge in [-0.2, -0.15) is 0 Å². The summed E-state index contributed by atoms with van der Waals surface area (Å²) < 4.78 is 5.45. The van der Waals surface area contributed by atoms with E-state index in [-0.39, 0.29) is 5.91 Å². The SMILES string of the molecule is O=C(Nc1cccnc1)c1cccc2cnc(-c3cccc(N4CCOCC4)c3)nc12. The van der Waals surface area contributed by atoms with Crippen molar-refractivity contribution in [3.05, 3.63) is 78.8 Å². The topological polar surface area (TPSA) is 80.2 Å². The number of hydrogen-bond donors (Lipinski definition) is 1. The molecule has 0 aliphatic carbocycles. The molecule has 0 saturated carbocycles. The minimum Gasteiger partial charge on any atom is -0.378 e. The smallest absolute Gasteiger partial charge is 0.257 e. The van der Waals surface area contributed by atoms with Gasteiger partial charge in [0.05, 0.1) is 36.2 Å². The van der Waals surface area contributed by atoms with Crippen molar-refractivity contribution in [1.29, 1.82) is 0 Å². The van der Waals surface area contributed by atoms with Crippen LogP contribution in [0.15, 0.2) is 73.2 Å². The molecule has 1 N–H and O–H groups in total. The number of morpholine rings is 1. The average Bonchev–Trinajstić information content (AvgIpc) is 2.84. The number of para-hydroxylation sites is 1. The van der Waals surface area contributed by atoms with E-state index in [2.05, 4.69) is 32.3 Å². The van der Waals surface area contributed by atoms with Crippen LogP contribution < -0.4 is 10.2 Å². The maximum absolute atomic E-state index is 12.9. The number of carbonyl (C=O) groups is 1. The van der Waals surface area contributed by atoms with Gasteiger partial charge in [0.1, 0.15) is 0 Å². The average molecular weight is 411 g/mol. The maximum atomic E-state index is 12.9. The molecule has 154 valence electrons. The summed E-state index contributed by atoms with van der Waals surface area (Å²) in [6, 6.07) is 17.3. The zero-order valence-electron chi connectivity index (χ0n) is 16.9. The van der Waals surface area contributed by atoms with Crippen LogP contribution in [0.5, 0.6) is 0 Å². The van der Waals surface area contributed by atoms with Gasteiger partial charge in [0.15, 0.2) is 5.82 Å². The highest BCUT2D eigenvalue weighted by atomic mass is 16.5. The fourth-order valence-electron chi connectivity index (χ4n) is 3.68. The summed E-state index contributed by atoms with van der Waals surface area (Å²) >= 11 is 0. The van der Waals surface area contributed by atoms with Crippen LogP contribution in [0.2, 0.25) is 0 Å². The van der Waals surface area contributed by atoms with E-state index in [1.54, 1.807) is 36.8 Å². The molecule has 0 atom stereocenters. The molecule has 2 aromatic heterocycles. The van der Waals surface area contributed by atoms with Gasteiger partial charge in [-0.05, 0) is 30.3 Å². The van der Waals surface area contributed by atoms with E-state index in [0.29, 0.717) is 22.6 Å². The number of ether oxygens (including phenoxy) is 1. The Labute approximate surface area is 179 Å². The highest BCUT2D eigenvalue weighted by molar-refractivity contribution is 6.11. The number of pyridine rings is 1. The molecule has 7 heteroatoms. The predicted molar refractivity (Wildman–Crippen MR) is 120 cm³/mol. The maximum Gasteiger partial charge on any atom is 0.257 e. The number of anilines is 2. The predicted octanol–water partition coefficient (Wildman–Crippen LogP) is 3.78. The third kappa shape index (κ3) is 4.08. The second-order valence-corrected chi connectivity index (χ2v) is 7.28. The van der Waals surface area contributed by atoms with E-state index >= 15 is 0 Å². The number of carbonyl (C=O) groups excluding carboxylic acids is 1. The van der Waals surface area contributed by atoms with E-state index in [1.165, 1.54) is 0 Å². The standard InChI is InChI=1S/C24H21N5O2/c30-24(27-19-6-3-9-25-16-19)21-8-2-5-18-15-26-23(28-22(18)21)17-4-1-7-20(14-17)29-10-12-31-13-11-29/h1-9,14-16H,10-13H2,(H,27,30). The van der Waals surface area contributed by atoms with Gasteiger partial charge in [-0.15, -0.1) is 0 Å². The normalized spacial score (nSPS) is 13.9. The van der Waals surface area contributed by atoms with E-state index in [4.69, 9.17) is 9.72 Å². The molecule has 1 saturated heterocycles. The summed E-state index contributed by atoms with van der Waals surface area (Å²) in [5, 5.41) is 3.69. The number of aromatic nitrogens is 3. The van der Waals surface area contributed by atoms with Crippen molar-refractivity contribution in [2.75, 3.05) is 36.5 Å². The number of nitrogens with one attached hydrogen (secondary N) is 1. The van der Waals surface area contributed by atoms with Gasteiger partial charge in [0.25, 0.3) is 5.91 Å². The Morgan fingerprint density at radius 1 is 1.00 bits per heavy atom. The molecule has 1 fully saturated rings. The van der Waals surface area contributed by atoms with Crippen molar-refractivity contribution in [2.45, 2.75) is 0 Å². The number of nitrogens with zero attached hydrogens (tertiary/aromatic N) is 4. The van der Waals surface area contributed by atoms with Gasteiger partial charge in [-0.25, -0.2) is 9.97 Å². The monoisotopic (exact) mass is 411 g/mol. The van der Waals surface area contributed by atoms with Gasteiger partial charge < -0.3 is 15.0 Å². The molecular formula is C24H21N5O2. The van der Waals surface area contributed by atoms with Gasteiger partial charge in [-0.3, -0.25) is 9.78 Å². The molecule has 31 heavy (non-hydrogen) atoms. The molecule has 1 amide bonds. The Morgan fingerprint density at radius 3 is 2.71 bits per heavy atom. The third-order valence-electron chi connectivity index (χ3n) is 5.26. The zero-order valence-corrected chi connectivity index (χ0v) is 16.9. The van der Waals surface area contributed by atoms with Crippen LogP contribution in [-0.2, 0) is 4.74 Å². The van der Waals surface area contributed by atoms with Crippen molar-refractivity contribution >= 4 is 28.2 Å². The second-order valence-electron chi connectivity index (χ2n) is 7.28. The molecule has 0 radical (unpaired) electrons. The number of hydrogen-bond acceptors (Lipinski definition) is 6. The highest BCUT2D eigenvalue weighted by Crippen LogP contribution is 2.25. The summed E-state index contributed by atoms with van der Waals surface area (Å²) in [6.45, 7) is 3.18. The molecule has 5 rings (SSSR count). The molecule has 3 heterocycles. The van der Waals surface area contributed by atoms with Crippen LogP contribution >= 0.6 is 0 Å². The Morgan fingerprint density at radius 2 is 1.87 bits per heavy atom. The largest absolute Gasteiger partial charge is 0.378 e. The van der Waals surface area contributed by atoms with Crippen molar-refractivity contribution in [1.82, 2.24) is 15.0 Å². The van der Waals surface area contributed by atoms with Gasteiger partial charge in [-0.1, -0.05) is 24.3 Å². The minimum atomic E-state index is -0.231. The number of amides is 1. The van der Waals surface area contributed by atoms with E-state index in [1.807, 2.05) is 24.3 Å². The third-order valence-corrected chi connectivity index (χ3v) is 5.26. The molecule has 0 spiro atoms. The van der Waals surface area contributed by atoms with Gasteiger partial charge in [0.2, 0.25) is 0 Å². The molecule has 0 bridgehead atoms. The van der Waals surface area contributed by atoms with Crippen molar-refractivity contribution in [2.24, 2.45) is 0 Å². The first-order valence-electron chi connectivity index (χ1n) is 10.2. The molecule has 0 unspecified atom stereocenters. The van der Waals surface area contributed by atoms with Crippen LogP contribution in [0.1, 0.15) is 10.4 Å². The van der Waals surface area contributed by atoms with E-state index in [9.17, 15) is 4.79 Å². The van der Waals surface area contributed by atoms with Gasteiger partial charge in [0, 0.05) is 42.1 Å². The Bertz CT molecular complexity index is 1220. The summed E-state index contributed by atoms with van der Waals surface area (Å²) in [7, 11) is 0. The van der Waals surface area contributed by atoms with Crippen LogP contribution in [0.25, 0.3) is 22.3 Å². The Kier molecular flexibility index (Phi) is 5.24. The quantitative estimate of drug-likeness (QED) is 0.551. The van der Waals surface area contributed by atoms with Gasteiger partial charge >= 0.3 is 0 Å². The highest BCUT2D eigenvalue weighted by Gasteiger charge is 2.15. The van der Waals surface area contributed by atoms with Crippen molar-refractivity contribution in [3.8, 4) is 11.4 Å². The zero-order chi connectivity index (χ0) is 21.0. The molecule has 2 aromatic carbocycles. The van der Waals surface area contributed by atoms with Crippen molar-refractivity contribution in [3.63, 3.8) is 0 Å². The van der Waals surface area contributed by atoms with Crippen LogP contribution in [-0.4, -0.2) is 47.2 Å². The second kappa shape index (κ2) is 8.49. The van der Waals surface area contributed by atoms with Crippen molar-refractivity contribution < 1.29 is 9.53 Å². The molecule has 4 aromatic rings. The van der Waals surface area contributed by atoms with E-state index < -0.39 is 0 Å². The fraction of sp³-hybridized carbons (Fsp3) is 0.167. The number of benzene rings is 2. The molecular weight excluding hydrogens is 390 g/mol. The summed E-state index contributed by atoms with van der Waals surface area (Å²) in [5.74, 6) is 0.356. The first-order valence-corrected chi connectivity index (χ1v) is 10.2. The molecule has 1 aliphatic rings. The minimum absolute atomic E-state index is 0.231. The van der Waals surface area contributed by atoms with E-state index in [0.717, 1.165) is 42.9 Å². The lowest BCUT2D eigenvalue weighted by Crippen LogP contribution is -2.36. The lowest BCUT2D eigenvalue weighted by molar-refractivity contribution is 0.102. The number of fused-ring (bicyclic) bond motifs is 1. The Hall–Kier alpha value is -3.84. The number of rotatable bonds is 4. The van der Waals surface area contributed by atoms with Crippen LogP contribution in [0, 0.1) is 0 Å². The first kappa shape index (κ1) is 19.1. The Balaban J connectivity index is 1.50.